The van der Waals surface area contributed by atoms with E-state index in [1.165, 1.54) is 5.57 Å². The van der Waals surface area contributed by atoms with Gasteiger partial charge in [0, 0.05) is 49.2 Å². The van der Waals surface area contributed by atoms with Gasteiger partial charge in [-0.15, -0.1) is 0 Å². The predicted molar refractivity (Wildman–Crippen MR) is 126 cm³/mol. The van der Waals surface area contributed by atoms with E-state index >= 15 is 0 Å². The van der Waals surface area contributed by atoms with Crippen molar-refractivity contribution in [1.82, 2.24) is 14.8 Å². The van der Waals surface area contributed by atoms with Crippen molar-refractivity contribution in [3.05, 3.63) is 71.8 Å². The molecule has 2 aliphatic rings. The number of phenolic OH excluding ortho intramolecular Hbond substituents is 1. The second-order valence-electron chi connectivity index (χ2n) is 8.94. The summed E-state index contributed by atoms with van der Waals surface area (Å²) in [7, 11) is 1.73. The number of likely N-dealkylation sites (tertiary alicyclic amines) is 1. The van der Waals surface area contributed by atoms with Gasteiger partial charge in [0.15, 0.2) is 0 Å². The van der Waals surface area contributed by atoms with E-state index in [1.807, 2.05) is 29.1 Å². The summed E-state index contributed by atoms with van der Waals surface area (Å²) in [5.41, 5.74) is 2.55. The van der Waals surface area contributed by atoms with Gasteiger partial charge in [0.25, 0.3) is 5.91 Å². The molecule has 1 aliphatic heterocycles. The Kier molecular flexibility index (Phi) is 6.42. The van der Waals surface area contributed by atoms with Gasteiger partial charge in [0.05, 0.1) is 18.4 Å². The van der Waals surface area contributed by atoms with Gasteiger partial charge < -0.3 is 19.7 Å². The number of methoxy groups -OCH3 is 1. The summed E-state index contributed by atoms with van der Waals surface area (Å²) in [6.07, 6.45) is 9.01. The number of ether oxygens (including phenoxy) is 1. The molecule has 3 unspecified atom stereocenters. The van der Waals surface area contributed by atoms with Crippen molar-refractivity contribution < 1.29 is 14.6 Å². The number of hydrogen-bond donors (Lipinski definition) is 2. The normalized spacial score (nSPS) is 24.6. The molecule has 1 saturated heterocycles. The highest BCUT2D eigenvalue weighted by molar-refractivity contribution is 5.97. The summed E-state index contributed by atoms with van der Waals surface area (Å²) >= 11 is 0. The van der Waals surface area contributed by atoms with Gasteiger partial charge in [-0.25, -0.2) is 0 Å². The number of rotatable bonds is 6. The van der Waals surface area contributed by atoms with Crippen LogP contribution in [0.5, 0.6) is 5.75 Å². The van der Waals surface area contributed by atoms with E-state index in [0.29, 0.717) is 23.4 Å². The molecule has 4 rings (SSSR count). The Hall–Kier alpha value is -2.99. The van der Waals surface area contributed by atoms with Gasteiger partial charge in [-0.1, -0.05) is 19.9 Å². The maximum absolute atomic E-state index is 13.0. The molecule has 1 aromatic heterocycles. The summed E-state index contributed by atoms with van der Waals surface area (Å²) in [5, 5.41) is 13.4. The quantitative estimate of drug-likeness (QED) is 0.716. The van der Waals surface area contributed by atoms with Crippen molar-refractivity contribution in [1.29, 1.82) is 0 Å². The average molecular weight is 436 g/mol. The fourth-order valence-electron chi connectivity index (χ4n) is 4.89. The van der Waals surface area contributed by atoms with Crippen LogP contribution in [0.4, 0.5) is 0 Å². The van der Waals surface area contributed by atoms with Gasteiger partial charge in [0.2, 0.25) is 0 Å². The lowest BCUT2D eigenvalue weighted by atomic mass is 9.80. The smallest absolute Gasteiger partial charge is 0.255 e. The number of phenols is 1. The average Bonchev–Trinajstić information content (AvgIpc) is 3.48. The van der Waals surface area contributed by atoms with Gasteiger partial charge >= 0.3 is 0 Å². The maximum atomic E-state index is 13.0. The summed E-state index contributed by atoms with van der Waals surface area (Å²) in [4.78, 5) is 15.4. The molecule has 2 aromatic rings. The third-order valence-electron chi connectivity index (χ3n) is 7.11. The van der Waals surface area contributed by atoms with Crippen molar-refractivity contribution >= 4 is 5.91 Å². The number of aromatic nitrogens is 1. The van der Waals surface area contributed by atoms with E-state index < -0.39 is 0 Å². The second kappa shape index (κ2) is 9.25. The molecule has 1 aromatic carbocycles. The first kappa shape index (κ1) is 22.2. The van der Waals surface area contributed by atoms with Crippen LogP contribution in [0.15, 0.2) is 66.2 Å². The van der Waals surface area contributed by atoms with Crippen LogP contribution >= 0.6 is 0 Å². The highest BCUT2D eigenvalue weighted by Crippen LogP contribution is 2.35. The van der Waals surface area contributed by atoms with Crippen LogP contribution in [-0.4, -0.2) is 52.8 Å². The van der Waals surface area contributed by atoms with E-state index in [-0.39, 0.29) is 17.7 Å². The number of benzene rings is 1. The van der Waals surface area contributed by atoms with Gasteiger partial charge in [-0.3, -0.25) is 9.69 Å². The molecule has 170 valence electrons. The third-order valence-corrected chi connectivity index (χ3v) is 7.11. The lowest BCUT2D eigenvalue weighted by Gasteiger charge is -2.35. The van der Waals surface area contributed by atoms with Gasteiger partial charge in [-0.05, 0) is 61.2 Å². The highest BCUT2D eigenvalue weighted by atomic mass is 16.5. The molecule has 2 N–H and O–H groups in total. The molecule has 4 atom stereocenters. The topological polar surface area (TPSA) is 66.7 Å². The standard InChI is InChI=1S/C26H33N3O3/c1-17-18(2)25(32-4)10-8-22(17)19(3)29-14-11-20(16-29)27-26(31)23-15-21(7-9-24(23)30)28-12-5-6-13-28/h5-10,12-13,15,17-20,30H,11,14,16H2,1-4H3,(H,27,31)/t17?,18?,19?,20-/m1/s1. The molecule has 6 heteroatoms. The zero-order chi connectivity index (χ0) is 22.8. The summed E-state index contributed by atoms with van der Waals surface area (Å²) in [6, 6.07) is 9.32. The Morgan fingerprint density at radius 1 is 1.19 bits per heavy atom. The number of carbonyl (C=O) groups is 1. The molecule has 32 heavy (non-hydrogen) atoms. The zero-order valence-corrected chi connectivity index (χ0v) is 19.3. The fourth-order valence-corrected chi connectivity index (χ4v) is 4.89. The molecule has 0 radical (unpaired) electrons. The van der Waals surface area contributed by atoms with Crippen molar-refractivity contribution in [2.45, 2.75) is 39.3 Å². The first-order chi connectivity index (χ1) is 15.4. The molecule has 1 fully saturated rings. The van der Waals surface area contributed by atoms with E-state index in [0.717, 1.165) is 31.0 Å². The van der Waals surface area contributed by atoms with Gasteiger partial charge in [0.1, 0.15) is 5.75 Å². The molecular weight excluding hydrogens is 402 g/mol. The van der Waals surface area contributed by atoms with Crippen molar-refractivity contribution in [3.8, 4) is 11.4 Å². The Morgan fingerprint density at radius 2 is 1.94 bits per heavy atom. The second-order valence-corrected chi connectivity index (χ2v) is 8.94. The predicted octanol–water partition coefficient (Wildman–Crippen LogP) is 4.12. The number of nitrogens with one attached hydrogen (secondary N) is 1. The Balaban J connectivity index is 1.41. The summed E-state index contributed by atoms with van der Waals surface area (Å²) in [6.45, 7) is 8.44. The van der Waals surface area contributed by atoms with Crippen LogP contribution in [0.2, 0.25) is 0 Å². The van der Waals surface area contributed by atoms with Crippen LogP contribution in [0.25, 0.3) is 5.69 Å². The minimum absolute atomic E-state index is 0.00228. The minimum Gasteiger partial charge on any atom is -0.507 e. The number of carbonyl (C=O) groups excluding carboxylic acids is 1. The van der Waals surface area contributed by atoms with Crippen molar-refractivity contribution in [2.75, 3.05) is 20.2 Å². The van der Waals surface area contributed by atoms with Crippen LogP contribution in [0.1, 0.15) is 37.6 Å². The van der Waals surface area contributed by atoms with Crippen molar-refractivity contribution in [2.24, 2.45) is 11.8 Å². The monoisotopic (exact) mass is 435 g/mol. The van der Waals surface area contributed by atoms with E-state index in [2.05, 4.69) is 43.1 Å². The molecule has 0 bridgehead atoms. The highest BCUT2D eigenvalue weighted by Gasteiger charge is 2.33. The number of amides is 1. The molecule has 1 amide bonds. The summed E-state index contributed by atoms with van der Waals surface area (Å²) < 4.78 is 7.42. The molecule has 2 heterocycles. The number of allylic oxidation sites excluding steroid dienone is 3. The first-order valence-electron chi connectivity index (χ1n) is 11.4. The molecule has 6 nitrogen and oxygen atoms in total. The van der Waals surface area contributed by atoms with Crippen molar-refractivity contribution in [3.63, 3.8) is 0 Å². The summed E-state index contributed by atoms with van der Waals surface area (Å²) in [5.74, 6) is 1.56. The van der Waals surface area contributed by atoms with Crippen LogP contribution in [0, 0.1) is 11.8 Å². The largest absolute Gasteiger partial charge is 0.507 e. The lowest BCUT2D eigenvalue weighted by molar-refractivity contribution is 0.0934. The Bertz CT molecular complexity index is 1020. The number of aromatic hydroxyl groups is 1. The van der Waals surface area contributed by atoms with Gasteiger partial charge in [-0.2, -0.15) is 0 Å². The van der Waals surface area contributed by atoms with Crippen LogP contribution in [-0.2, 0) is 4.74 Å². The fraction of sp³-hybridized carbons (Fsp3) is 0.423. The minimum atomic E-state index is -0.234. The number of hydrogen-bond acceptors (Lipinski definition) is 4. The molecule has 0 spiro atoms. The molecular formula is C26H33N3O3. The number of nitrogens with zero attached hydrogens (tertiary/aromatic N) is 2. The Morgan fingerprint density at radius 3 is 2.66 bits per heavy atom. The first-order valence-corrected chi connectivity index (χ1v) is 11.4. The van der Waals surface area contributed by atoms with Crippen LogP contribution < -0.4 is 5.32 Å². The Labute approximate surface area is 190 Å². The maximum Gasteiger partial charge on any atom is 0.255 e. The van der Waals surface area contributed by atoms with E-state index in [1.54, 1.807) is 25.3 Å². The van der Waals surface area contributed by atoms with Crippen LogP contribution in [0.3, 0.4) is 0 Å². The molecule has 1 aliphatic carbocycles. The SMILES string of the molecule is COC1=CC=C(C(C)N2CC[C@@H](NC(=O)c3cc(-n4cccc4)ccc3O)C2)C(C)C1C. The molecule has 0 saturated carbocycles. The lowest BCUT2D eigenvalue weighted by Crippen LogP contribution is -2.41. The zero-order valence-electron chi connectivity index (χ0n) is 19.3. The third kappa shape index (κ3) is 4.32. The van der Waals surface area contributed by atoms with E-state index in [9.17, 15) is 9.90 Å². The van der Waals surface area contributed by atoms with E-state index in [4.69, 9.17) is 4.74 Å².